The van der Waals surface area contributed by atoms with Crippen molar-refractivity contribution in [3.05, 3.63) is 41.9 Å². The Balaban J connectivity index is 2.07. The van der Waals surface area contributed by atoms with Crippen molar-refractivity contribution >= 4 is 22.1 Å². The lowest BCUT2D eigenvalue weighted by atomic mass is 10.1. The third-order valence-electron chi connectivity index (χ3n) is 4.01. The van der Waals surface area contributed by atoms with E-state index in [0.29, 0.717) is 0 Å². The zero-order chi connectivity index (χ0) is 15.3. The number of aryl methyl sites for hydroxylation is 3. The quantitative estimate of drug-likeness (QED) is 0.613. The van der Waals surface area contributed by atoms with Gasteiger partial charge in [-0.15, -0.1) is 0 Å². The predicted molar refractivity (Wildman–Crippen MR) is 87.8 cm³/mol. The molecule has 0 saturated carbocycles. The molecule has 1 aromatic carbocycles. The molecule has 0 atom stereocenters. The SMILES string of the molecule is CCn1nc2ccc(C)nc2c1-c1cc(C)c2nc[nH]c2c1. The average Bonchev–Trinajstić information content (AvgIpc) is 3.10. The van der Waals surface area contributed by atoms with Crippen LogP contribution in [0.4, 0.5) is 0 Å². The van der Waals surface area contributed by atoms with Gasteiger partial charge in [0.2, 0.25) is 0 Å². The third-order valence-corrected chi connectivity index (χ3v) is 4.01. The van der Waals surface area contributed by atoms with Gasteiger partial charge in [0, 0.05) is 17.8 Å². The number of nitrogens with zero attached hydrogens (tertiary/aromatic N) is 4. The van der Waals surface area contributed by atoms with Crippen molar-refractivity contribution in [1.29, 1.82) is 0 Å². The number of hydrogen-bond acceptors (Lipinski definition) is 3. The van der Waals surface area contributed by atoms with Crippen LogP contribution in [0.1, 0.15) is 18.2 Å². The van der Waals surface area contributed by atoms with E-state index in [4.69, 9.17) is 4.98 Å². The average molecular weight is 291 g/mol. The summed E-state index contributed by atoms with van der Waals surface area (Å²) in [7, 11) is 0. The summed E-state index contributed by atoms with van der Waals surface area (Å²) in [5.74, 6) is 0. The van der Waals surface area contributed by atoms with Crippen molar-refractivity contribution in [3.8, 4) is 11.3 Å². The van der Waals surface area contributed by atoms with E-state index in [-0.39, 0.29) is 0 Å². The predicted octanol–water partition coefficient (Wildman–Crippen LogP) is 3.61. The summed E-state index contributed by atoms with van der Waals surface area (Å²) in [4.78, 5) is 12.3. The van der Waals surface area contributed by atoms with E-state index in [9.17, 15) is 0 Å². The highest BCUT2D eigenvalue weighted by Gasteiger charge is 2.15. The second-order valence-electron chi connectivity index (χ2n) is 5.58. The van der Waals surface area contributed by atoms with Gasteiger partial charge in [-0.1, -0.05) is 0 Å². The molecule has 4 aromatic rings. The van der Waals surface area contributed by atoms with E-state index < -0.39 is 0 Å². The summed E-state index contributed by atoms with van der Waals surface area (Å²) < 4.78 is 2.02. The molecule has 0 amide bonds. The lowest BCUT2D eigenvalue weighted by Crippen LogP contribution is -1.99. The maximum absolute atomic E-state index is 4.71. The minimum absolute atomic E-state index is 0.810. The van der Waals surface area contributed by atoms with Gasteiger partial charge in [0.1, 0.15) is 11.0 Å². The van der Waals surface area contributed by atoms with Crippen molar-refractivity contribution in [1.82, 2.24) is 24.7 Å². The zero-order valence-corrected chi connectivity index (χ0v) is 12.9. The normalized spacial score (nSPS) is 11.6. The number of aromatic nitrogens is 5. The van der Waals surface area contributed by atoms with Crippen LogP contribution in [0, 0.1) is 13.8 Å². The Labute approximate surface area is 128 Å². The summed E-state index contributed by atoms with van der Waals surface area (Å²) in [5.41, 5.74) is 8.30. The van der Waals surface area contributed by atoms with Gasteiger partial charge in [-0.05, 0) is 50.6 Å². The minimum atomic E-state index is 0.810. The number of fused-ring (bicyclic) bond motifs is 2. The van der Waals surface area contributed by atoms with Gasteiger partial charge in [-0.2, -0.15) is 5.10 Å². The molecule has 22 heavy (non-hydrogen) atoms. The van der Waals surface area contributed by atoms with Crippen molar-refractivity contribution in [2.75, 3.05) is 0 Å². The van der Waals surface area contributed by atoms with Crippen LogP contribution in [0.3, 0.4) is 0 Å². The Morgan fingerprint density at radius 2 is 2.00 bits per heavy atom. The zero-order valence-electron chi connectivity index (χ0n) is 12.9. The van der Waals surface area contributed by atoms with Crippen LogP contribution >= 0.6 is 0 Å². The van der Waals surface area contributed by atoms with Crippen molar-refractivity contribution < 1.29 is 0 Å². The highest BCUT2D eigenvalue weighted by atomic mass is 15.3. The smallest absolute Gasteiger partial charge is 0.117 e. The van der Waals surface area contributed by atoms with Crippen molar-refractivity contribution in [3.63, 3.8) is 0 Å². The number of pyridine rings is 1. The largest absolute Gasteiger partial charge is 0.345 e. The summed E-state index contributed by atoms with van der Waals surface area (Å²) >= 11 is 0. The Kier molecular flexibility index (Phi) is 2.76. The molecule has 5 nitrogen and oxygen atoms in total. The first-order valence-corrected chi connectivity index (χ1v) is 7.45. The Hall–Kier alpha value is -2.69. The maximum atomic E-state index is 4.71. The van der Waals surface area contributed by atoms with Gasteiger partial charge in [-0.25, -0.2) is 9.97 Å². The lowest BCUT2D eigenvalue weighted by molar-refractivity contribution is 0.675. The number of benzene rings is 1. The lowest BCUT2D eigenvalue weighted by Gasteiger charge is -2.07. The van der Waals surface area contributed by atoms with E-state index in [1.807, 2.05) is 23.7 Å². The summed E-state index contributed by atoms with van der Waals surface area (Å²) in [5, 5.41) is 4.67. The first kappa shape index (κ1) is 13.0. The molecule has 0 aliphatic rings. The number of aromatic amines is 1. The maximum Gasteiger partial charge on any atom is 0.117 e. The number of H-pyrrole nitrogens is 1. The number of nitrogens with one attached hydrogen (secondary N) is 1. The molecule has 4 rings (SSSR count). The Morgan fingerprint density at radius 1 is 1.14 bits per heavy atom. The molecule has 0 saturated heterocycles. The molecule has 0 bridgehead atoms. The van der Waals surface area contributed by atoms with Gasteiger partial charge < -0.3 is 4.98 Å². The fourth-order valence-corrected chi connectivity index (χ4v) is 2.99. The van der Waals surface area contributed by atoms with Gasteiger partial charge in [-0.3, -0.25) is 4.68 Å². The monoisotopic (exact) mass is 291 g/mol. The van der Waals surface area contributed by atoms with Crippen molar-refractivity contribution in [2.45, 2.75) is 27.3 Å². The van der Waals surface area contributed by atoms with Crippen LogP contribution in [-0.2, 0) is 6.54 Å². The minimum Gasteiger partial charge on any atom is -0.345 e. The third kappa shape index (κ3) is 1.82. The fourth-order valence-electron chi connectivity index (χ4n) is 2.99. The molecule has 0 fully saturated rings. The molecule has 0 radical (unpaired) electrons. The second kappa shape index (κ2) is 4.66. The van der Waals surface area contributed by atoms with Gasteiger partial charge >= 0.3 is 0 Å². The molecule has 3 aromatic heterocycles. The Bertz CT molecular complexity index is 993. The van der Waals surface area contributed by atoms with E-state index in [1.54, 1.807) is 6.33 Å². The second-order valence-corrected chi connectivity index (χ2v) is 5.58. The number of imidazole rings is 1. The van der Waals surface area contributed by atoms with E-state index in [0.717, 1.165) is 51.1 Å². The number of rotatable bonds is 2. The molecule has 3 heterocycles. The summed E-state index contributed by atoms with van der Waals surface area (Å²) in [6.07, 6.45) is 1.74. The fraction of sp³-hybridized carbons (Fsp3) is 0.235. The van der Waals surface area contributed by atoms with E-state index in [2.05, 4.69) is 41.0 Å². The summed E-state index contributed by atoms with van der Waals surface area (Å²) in [6.45, 7) is 7.00. The number of hydrogen-bond donors (Lipinski definition) is 1. The van der Waals surface area contributed by atoms with Gasteiger partial charge in [0.15, 0.2) is 0 Å². The molecule has 0 spiro atoms. The molecule has 0 aliphatic heterocycles. The molecule has 0 unspecified atom stereocenters. The van der Waals surface area contributed by atoms with E-state index in [1.165, 1.54) is 0 Å². The van der Waals surface area contributed by atoms with E-state index >= 15 is 0 Å². The molecular formula is C17H17N5. The standard InChI is InChI=1S/C17H17N5/c1-4-22-17(16-13(21-22)6-5-11(3)20-16)12-7-10(2)15-14(8-12)18-9-19-15/h5-9H,4H2,1-3H3,(H,18,19). The van der Waals surface area contributed by atoms with Crippen LogP contribution in [-0.4, -0.2) is 24.7 Å². The van der Waals surface area contributed by atoms with Crippen LogP contribution < -0.4 is 0 Å². The van der Waals surface area contributed by atoms with Crippen LogP contribution in [0.15, 0.2) is 30.6 Å². The molecule has 0 aliphatic carbocycles. The van der Waals surface area contributed by atoms with Crippen molar-refractivity contribution in [2.24, 2.45) is 0 Å². The van der Waals surface area contributed by atoms with Crippen LogP contribution in [0.2, 0.25) is 0 Å². The first-order chi connectivity index (χ1) is 10.7. The Morgan fingerprint density at radius 3 is 2.82 bits per heavy atom. The molecule has 1 N–H and O–H groups in total. The van der Waals surface area contributed by atoms with Gasteiger partial charge in [0.05, 0.1) is 23.1 Å². The topological polar surface area (TPSA) is 59.4 Å². The first-order valence-electron chi connectivity index (χ1n) is 7.45. The molecular weight excluding hydrogens is 274 g/mol. The highest BCUT2D eigenvalue weighted by Crippen LogP contribution is 2.31. The van der Waals surface area contributed by atoms with Crippen LogP contribution in [0.25, 0.3) is 33.3 Å². The van der Waals surface area contributed by atoms with Gasteiger partial charge in [0.25, 0.3) is 0 Å². The van der Waals surface area contributed by atoms with Crippen LogP contribution in [0.5, 0.6) is 0 Å². The molecule has 110 valence electrons. The molecule has 5 heteroatoms. The highest BCUT2D eigenvalue weighted by molar-refractivity contribution is 5.93. The summed E-state index contributed by atoms with van der Waals surface area (Å²) in [6, 6.07) is 8.33.